The molecule has 13 rings (SSSR count). The molecule has 476 valence electrons. The van der Waals surface area contributed by atoms with Gasteiger partial charge in [0.05, 0.1) is 62.7 Å². The molecule has 4 fully saturated rings. The van der Waals surface area contributed by atoms with E-state index in [0.717, 1.165) is 15.8 Å². The molecule has 5 aliphatic heterocycles. The summed E-state index contributed by atoms with van der Waals surface area (Å²) >= 11 is 8.04. The quantitative estimate of drug-likeness (QED) is 0.0818. The van der Waals surface area contributed by atoms with Gasteiger partial charge in [0.1, 0.15) is 35.7 Å². The zero-order valence-corrected chi connectivity index (χ0v) is 52.0. The summed E-state index contributed by atoms with van der Waals surface area (Å²) in [6.45, 7) is 1.81. The van der Waals surface area contributed by atoms with Gasteiger partial charge in [-0.15, -0.1) is 11.3 Å². The van der Waals surface area contributed by atoms with Crippen LogP contribution in [0.3, 0.4) is 0 Å². The minimum absolute atomic E-state index is 0.000932. The van der Waals surface area contributed by atoms with Crippen molar-refractivity contribution in [2.45, 2.75) is 75.0 Å². The number of hydrogen-bond donors (Lipinski definition) is 4. The Morgan fingerprint density at radius 2 is 1.49 bits per heavy atom. The molecule has 4 N–H and O–H groups in total. The monoisotopic (exact) mass is 1290 g/mol. The molecular weight excluding hydrogens is 1220 g/mol. The van der Waals surface area contributed by atoms with Crippen LogP contribution < -0.4 is 20.7 Å². The number of benzene rings is 5. The van der Waals surface area contributed by atoms with Gasteiger partial charge < -0.3 is 45.4 Å². The number of likely N-dealkylation sites (tertiary alicyclic amines) is 3. The number of anilines is 1. The second-order valence-corrected chi connectivity index (χ2v) is 25.6. The third-order valence-corrected chi connectivity index (χ3v) is 20.1. The van der Waals surface area contributed by atoms with E-state index in [9.17, 15) is 33.6 Å². The average molecular weight is 1290 g/mol. The van der Waals surface area contributed by atoms with Crippen molar-refractivity contribution in [1.82, 2.24) is 59.7 Å². The first-order chi connectivity index (χ1) is 44.5. The summed E-state index contributed by atoms with van der Waals surface area (Å²) in [7, 11) is 1.78. The fourth-order valence-electron chi connectivity index (χ4n) is 13.7. The topological polar surface area (TPSA) is 267 Å². The molecule has 0 radical (unpaired) electrons. The van der Waals surface area contributed by atoms with Crippen molar-refractivity contribution < 1.29 is 52.6 Å². The van der Waals surface area contributed by atoms with Gasteiger partial charge in [0.25, 0.3) is 5.91 Å². The molecule has 0 saturated carbocycles. The van der Waals surface area contributed by atoms with Gasteiger partial charge in [-0.05, 0) is 85.3 Å². The number of ether oxygens (including phenoxy) is 1. The highest BCUT2D eigenvalue weighted by atomic mass is 35.5. The van der Waals surface area contributed by atoms with Crippen molar-refractivity contribution in [1.29, 1.82) is 0 Å². The number of carbonyl (C=O) groups excluding carboxylic acids is 7. The normalized spacial score (nSPS) is 18.7. The molecule has 0 spiro atoms. The number of carboxylic acids is 1. The summed E-state index contributed by atoms with van der Waals surface area (Å²) in [5.41, 5.74) is 4.05. The Kier molecular flexibility index (Phi) is 17.2. The number of thiazole rings is 1. The molecular formula is C66H67ClFN13O10S. The van der Waals surface area contributed by atoms with Crippen LogP contribution in [0.15, 0.2) is 103 Å². The number of rotatable bonds is 16. The summed E-state index contributed by atoms with van der Waals surface area (Å²) in [5.74, 6) is -4.39. The minimum atomic E-state index is -1.49. The fourth-order valence-corrected chi connectivity index (χ4v) is 15.0. The number of hydrogen-bond acceptors (Lipinski definition) is 14. The molecule has 92 heavy (non-hydrogen) atoms. The van der Waals surface area contributed by atoms with Crippen LogP contribution in [-0.4, -0.2) is 192 Å². The number of nitrogens with one attached hydrogen (secondary N) is 3. The van der Waals surface area contributed by atoms with E-state index >= 15 is 9.18 Å². The van der Waals surface area contributed by atoms with E-state index in [0.29, 0.717) is 137 Å². The van der Waals surface area contributed by atoms with Crippen LogP contribution in [0.25, 0.3) is 53.7 Å². The van der Waals surface area contributed by atoms with Gasteiger partial charge in [0.15, 0.2) is 5.60 Å². The molecule has 5 aromatic carbocycles. The zero-order chi connectivity index (χ0) is 63.9. The number of halogens is 2. The first-order valence-corrected chi connectivity index (χ1v) is 32.2. The van der Waals surface area contributed by atoms with Gasteiger partial charge in [-0.1, -0.05) is 60.1 Å². The number of nitrogens with zero attached hydrogens (tertiary/aromatic N) is 10. The number of piperidine rings is 2. The van der Waals surface area contributed by atoms with Crippen molar-refractivity contribution in [3.05, 3.63) is 125 Å². The molecule has 8 aromatic rings. The number of aliphatic carboxylic acids is 1. The number of carbonyl (C=O) groups is 8. The summed E-state index contributed by atoms with van der Waals surface area (Å²) < 4.78 is 27.2. The number of amides is 7. The average Bonchev–Trinajstić information content (AvgIpc) is 1.50. The van der Waals surface area contributed by atoms with Crippen molar-refractivity contribution in [2.24, 2.45) is 7.05 Å². The van der Waals surface area contributed by atoms with Gasteiger partial charge in [-0.25, -0.2) is 9.37 Å². The zero-order valence-electron chi connectivity index (χ0n) is 50.4. The summed E-state index contributed by atoms with van der Waals surface area (Å²) in [6.07, 6.45) is 3.93. The Balaban J connectivity index is 0.673. The minimum Gasteiger partial charge on any atom is -0.480 e. The fraction of sp³-hybridized carbons (Fsp3) is 0.379. The van der Waals surface area contributed by atoms with Crippen LogP contribution in [-0.2, 0) is 51.9 Å². The molecule has 3 aromatic heterocycles. The predicted octanol–water partition coefficient (Wildman–Crippen LogP) is 6.38. The second-order valence-electron chi connectivity index (χ2n) is 24.2. The summed E-state index contributed by atoms with van der Waals surface area (Å²) in [6, 6.07) is 28.1. The Labute approximate surface area is 536 Å². The first kappa shape index (κ1) is 61.5. The Bertz CT molecular complexity index is 4260. The largest absolute Gasteiger partial charge is 0.480 e. The molecule has 2 atom stereocenters. The van der Waals surface area contributed by atoms with E-state index in [1.807, 2.05) is 76.5 Å². The lowest BCUT2D eigenvalue weighted by Crippen LogP contribution is -2.62. The number of fused-ring (bicyclic) bond motifs is 4. The molecule has 8 heterocycles. The molecule has 23 nitrogen and oxygen atoms in total. The van der Waals surface area contributed by atoms with E-state index in [-0.39, 0.29) is 80.9 Å². The number of piperazine rings is 1. The van der Waals surface area contributed by atoms with Crippen molar-refractivity contribution in [2.75, 3.05) is 83.9 Å². The van der Waals surface area contributed by atoms with Crippen LogP contribution in [0.5, 0.6) is 5.75 Å². The highest BCUT2D eigenvalue weighted by molar-refractivity contribution is 7.22. The molecule has 5 aliphatic rings. The Morgan fingerprint density at radius 3 is 2.27 bits per heavy atom. The van der Waals surface area contributed by atoms with Crippen molar-refractivity contribution in [3.63, 3.8) is 0 Å². The van der Waals surface area contributed by atoms with Crippen molar-refractivity contribution in [3.8, 4) is 27.4 Å². The first-order valence-electron chi connectivity index (χ1n) is 31.0. The maximum Gasteiger partial charge on any atom is 0.322 e. The standard InChI is InChI=1S/C66H67ClFN13O10S/c1-75-52-32-44(47(68)31-40(52)34-71-75)42-11-6-15-50-59(42)60(74-81(50)37-56(84)69-35-55(83)70-36-58(86)87)39-18-23-77(24-19-39)57(85)38-76-27-29-79(30-28-76)64(89)51-16-8-22-80(51)65(90)66(91-53-17-5-3-10-43(53)62-73-49-14-7-12-46(67)61(49)92-62)20-25-78(26-21-66)63(88)45-33-54(82)72-48-13-4-2-9-41(45)48/h2-7,9-15,17,31-32,34,39,45,51H,8,16,18-30,33,35-38H2,1H3,(H,69,84)(H,70,83)(H,72,82)(H,86,87)/t45-,51-/m0/s1. The van der Waals surface area contributed by atoms with Crippen LogP contribution in [0, 0.1) is 5.82 Å². The van der Waals surface area contributed by atoms with Crippen molar-refractivity contribution >= 4 is 108 Å². The van der Waals surface area contributed by atoms with Gasteiger partial charge in [-0.3, -0.25) is 52.6 Å². The van der Waals surface area contributed by atoms with E-state index in [4.69, 9.17) is 31.5 Å². The highest BCUT2D eigenvalue weighted by Crippen LogP contribution is 2.44. The SMILES string of the molecule is Cn1ncc2cc(F)c(-c3cccc4c3c(C3CCN(C(=O)CN5CCN(C(=O)[C@@H]6CCCN6C(=O)C6(Oc7ccccc7-c7nc8cccc(Cl)c8s7)CCN(C(=O)[C@H]7CC(=O)Nc8ccccc87)CC6)CC5)CC3)nn4CC(=O)NCC(=O)NCC(=O)O)cc21. The van der Waals surface area contributed by atoms with Crippen LogP contribution in [0.2, 0.25) is 5.02 Å². The van der Waals surface area contributed by atoms with Crippen LogP contribution in [0.1, 0.15) is 68.0 Å². The highest BCUT2D eigenvalue weighted by Gasteiger charge is 2.52. The molecule has 7 amide bonds. The van der Waals surface area contributed by atoms with Crippen LogP contribution in [0.4, 0.5) is 10.1 Å². The van der Waals surface area contributed by atoms with Crippen LogP contribution >= 0.6 is 22.9 Å². The van der Waals surface area contributed by atoms with E-state index in [1.54, 1.807) is 56.9 Å². The Morgan fingerprint density at radius 1 is 0.761 bits per heavy atom. The second kappa shape index (κ2) is 25.7. The van der Waals surface area contributed by atoms with E-state index in [1.165, 1.54) is 22.1 Å². The molecule has 0 aliphatic carbocycles. The van der Waals surface area contributed by atoms with Gasteiger partial charge in [0, 0.05) is 113 Å². The number of carboxylic acid groups (broad SMARTS) is 1. The smallest absolute Gasteiger partial charge is 0.322 e. The molecule has 4 saturated heterocycles. The summed E-state index contributed by atoms with van der Waals surface area (Å²) in [4.78, 5) is 122. The lowest BCUT2D eigenvalue weighted by atomic mass is 9.85. The molecule has 26 heteroatoms. The maximum absolute atomic E-state index is 16.2. The summed E-state index contributed by atoms with van der Waals surface area (Å²) in [5, 5.41) is 28.4. The maximum atomic E-state index is 16.2. The third kappa shape index (κ3) is 12.2. The van der Waals surface area contributed by atoms with Gasteiger partial charge >= 0.3 is 5.97 Å². The molecule has 0 unspecified atom stereocenters. The van der Waals surface area contributed by atoms with E-state index in [2.05, 4.69) is 21.0 Å². The van der Waals surface area contributed by atoms with Gasteiger partial charge in [-0.2, -0.15) is 10.2 Å². The predicted molar refractivity (Wildman–Crippen MR) is 341 cm³/mol. The number of aryl methyl sites for hydroxylation is 1. The number of aromatic nitrogens is 5. The Hall–Kier alpha value is -9.33. The molecule has 0 bridgehead atoms. The third-order valence-electron chi connectivity index (χ3n) is 18.5. The van der Waals surface area contributed by atoms with Gasteiger partial charge in [0.2, 0.25) is 35.4 Å². The lowest BCUT2D eigenvalue weighted by Gasteiger charge is -2.44. The number of para-hydroxylation sites is 2. The lowest BCUT2D eigenvalue weighted by molar-refractivity contribution is -0.160. The van der Waals surface area contributed by atoms with E-state index < -0.39 is 54.3 Å².